The summed E-state index contributed by atoms with van der Waals surface area (Å²) in [7, 11) is 3.54. The van der Waals surface area contributed by atoms with E-state index >= 15 is 0 Å². The molecule has 0 saturated carbocycles. The number of rotatable bonds is 6. The Bertz CT molecular complexity index is 613. The highest BCUT2D eigenvalue weighted by Crippen LogP contribution is 2.06. The number of halogens is 1. The van der Waals surface area contributed by atoms with Gasteiger partial charge in [-0.1, -0.05) is 17.3 Å². The topological polar surface area (TPSA) is 63.1 Å². The van der Waals surface area contributed by atoms with Gasteiger partial charge in [-0.15, -0.1) is 5.10 Å². The molecule has 21 heavy (non-hydrogen) atoms. The van der Waals surface area contributed by atoms with Crippen molar-refractivity contribution in [3.8, 4) is 0 Å². The Morgan fingerprint density at radius 1 is 1.48 bits per heavy atom. The number of benzene rings is 1. The number of carbonyl (C=O) groups is 1. The summed E-state index contributed by atoms with van der Waals surface area (Å²) >= 11 is 0. The fraction of sp³-hybridized carbons (Fsp3) is 0.357. The van der Waals surface area contributed by atoms with Crippen molar-refractivity contribution in [1.29, 1.82) is 0 Å². The second kappa shape index (κ2) is 6.94. The number of hydrogen-bond donors (Lipinski definition) is 1. The molecule has 0 radical (unpaired) electrons. The van der Waals surface area contributed by atoms with E-state index in [4.69, 9.17) is 0 Å². The van der Waals surface area contributed by atoms with Crippen molar-refractivity contribution in [2.75, 3.05) is 27.2 Å². The molecule has 0 atom stereocenters. The van der Waals surface area contributed by atoms with Gasteiger partial charge in [0, 0.05) is 20.1 Å². The first-order valence-electron chi connectivity index (χ1n) is 6.65. The fourth-order valence-electron chi connectivity index (χ4n) is 1.87. The molecule has 0 aliphatic rings. The van der Waals surface area contributed by atoms with Crippen LogP contribution >= 0.6 is 0 Å². The van der Waals surface area contributed by atoms with Gasteiger partial charge in [0.2, 0.25) is 0 Å². The average molecular weight is 291 g/mol. The number of nitrogens with zero attached hydrogens (tertiary/aromatic N) is 4. The number of nitrogens with one attached hydrogen (secondary N) is 1. The summed E-state index contributed by atoms with van der Waals surface area (Å²) in [4.78, 5) is 13.7. The second-order valence-electron chi connectivity index (χ2n) is 4.76. The predicted octanol–water partition coefficient (Wildman–Crippen LogP) is 0.757. The molecule has 2 aromatic rings. The third-order valence-corrected chi connectivity index (χ3v) is 3.04. The zero-order valence-electron chi connectivity index (χ0n) is 12.1. The van der Waals surface area contributed by atoms with Crippen LogP contribution in [0.15, 0.2) is 30.5 Å². The van der Waals surface area contributed by atoms with Crippen LogP contribution in [0.1, 0.15) is 16.1 Å². The third kappa shape index (κ3) is 4.09. The molecule has 1 N–H and O–H groups in total. The fourth-order valence-corrected chi connectivity index (χ4v) is 1.87. The predicted molar refractivity (Wildman–Crippen MR) is 76.4 cm³/mol. The number of likely N-dealkylation sites (N-methyl/N-ethyl adjacent to an activating group) is 2. The molecule has 1 aromatic heterocycles. The highest BCUT2D eigenvalue weighted by atomic mass is 19.1. The number of hydrogen-bond acceptors (Lipinski definition) is 4. The molecule has 1 aromatic carbocycles. The molecule has 0 aliphatic carbocycles. The van der Waals surface area contributed by atoms with Crippen LogP contribution < -0.4 is 5.32 Å². The van der Waals surface area contributed by atoms with Crippen molar-refractivity contribution < 1.29 is 9.18 Å². The van der Waals surface area contributed by atoms with Gasteiger partial charge in [-0.2, -0.15) is 0 Å². The van der Waals surface area contributed by atoms with Gasteiger partial charge < -0.3 is 10.2 Å². The minimum Gasteiger partial charge on any atom is -0.339 e. The van der Waals surface area contributed by atoms with E-state index in [1.54, 1.807) is 30.3 Å². The first-order valence-corrected chi connectivity index (χ1v) is 6.65. The Hall–Kier alpha value is -2.28. The lowest BCUT2D eigenvalue weighted by Crippen LogP contribution is -2.33. The summed E-state index contributed by atoms with van der Waals surface area (Å²) in [5.74, 6) is -0.480. The maximum atomic E-state index is 13.1. The first-order chi connectivity index (χ1) is 10.1. The second-order valence-corrected chi connectivity index (χ2v) is 4.76. The van der Waals surface area contributed by atoms with Gasteiger partial charge in [-0.25, -0.2) is 9.07 Å². The Balaban J connectivity index is 2.02. The SMILES string of the molecule is CNCCN(C)C(=O)c1cn(Cc2cccc(F)c2)nn1. The molecule has 0 spiro atoms. The zero-order chi connectivity index (χ0) is 15.2. The normalized spacial score (nSPS) is 10.6. The molecule has 0 saturated heterocycles. The van der Waals surface area contributed by atoms with Crippen LogP contribution in [0.2, 0.25) is 0 Å². The van der Waals surface area contributed by atoms with Gasteiger partial charge in [0.1, 0.15) is 5.82 Å². The van der Waals surface area contributed by atoms with Gasteiger partial charge in [-0.3, -0.25) is 4.79 Å². The molecule has 7 heteroatoms. The van der Waals surface area contributed by atoms with E-state index in [0.717, 1.165) is 5.56 Å². The summed E-state index contributed by atoms with van der Waals surface area (Å²) in [5.41, 5.74) is 1.05. The van der Waals surface area contributed by atoms with Crippen LogP contribution in [0.5, 0.6) is 0 Å². The summed E-state index contributed by atoms with van der Waals surface area (Å²) in [6.45, 7) is 1.67. The van der Waals surface area contributed by atoms with E-state index in [-0.39, 0.29) is 17.4 Å². The Kier molecular flexibility index (Phi) is 4.99. The minimum absolute atomic E-state index is 0.184. The highest BCUT2D eigenvalue weighted by molar-refractivity contribution is 5.91. The molecule has 6 nitrogen and oxygen atoms in total. The number of carbonyl (C=O) groups excluding carboxylic acids is 1. The quantitative estimate of drug-likeness (QED) is 0.853. The van der Waals surface area contributed by atoms with Crippen LogP contribution in [0.3, 0.4) is 0 Å². The highest BCUT2D eigenvalue weighted by Gasteiger charge is 2.15. The van der Waals surface area contributed by atoms with Crippen LogP contribution in [0.25, 0.3) is 0 Å². The van der Waals surface area contributed by atoms with Crippen LogP contribution in [0, 0.1) is 5.82 Å². The molecule has 1 amide bonds. The summed E-state index contributed by atoms with van der Waals surface area (Å²) in [6.07, 6.45) is 1.57. The molecule has 0 bridgehead atoms. The van der Waals surface area contributed by atoms with Crippen molar-refractivity contribution in [3.63, 3.8) is 0 Å². The lowest BCUT2D eigenvalue weighted by molar-refractivity contribution is 0.0791. The van der Waals surface area contributed by atoms with Crippen molar-refractivity contribution in [3.05, 3.63) is 47.5 Å². The van der Waals surface area contributed by atoms with Crippen molar-refractivity contribution in [2.45, 2.75) is 6.54 Å². The van der Waals surface area contributed by atoms with Gasteiger partial charge in [0.05, 0.1) is 12.7 Å². The molecule has 112 valence electrons. The maximum absolute atomic E-state index is 13.1. The molecular weight excluding hydrogens is 273 g/mol. The lowest BCUT2D eigenvalue weighted by atomic mass is 10.2. The molecule has 0 unspecified atom stereocenters. The van der Waals surface area contributed by atoms with E-state index in [1.807, 2.05) is 7.05 Å². The van der Waals surface area contributed by atoms with Crippen LogP contribution in [0.4, 0.5) is 4.39 Å². The van der Waals surface area contributed by atoms with Crippen molar-refractivity contribution in [1.82, 2.24) is 25.2 Å². The monoisotopic (exact) mass is 291 g/mol. The van der Waals surface area contributed by atoms with Crippen molar-refractivity contribution in [2.24, 2.45) is 0 Å². The lowest BCUT2D eigenvalue weighted by Gasteiger charge is -2.14. The number of aromatic nitrogens is 3. The zero-order valence-corrected chi connectivity index (χ0v) is 12.1. The van der Waals surface area contributed by atoms with E-state index in [2.05, 4.69) is 15.6 Å². The largest absolute Gasteiger partial charge is 0.339 e. The van der Waals surface area contributed by atoms with E-state index in [0.29, 0.717) is 19.6 Å². The van der Waals surface area contributed by atoms with Crippen LogP contribution in [-0.4, -0.2) is 53.0 Å². The van der Waals surface area contributed by atoms with Gasteiger partial charge in [0.25, 0.3) is 5.91 Å². The Morgan fingerprint density at radius 3 is 3.00 bits per heavy atom. The number of amides is 1. The van der Waals surface area contributed by atoms with Gasteiger partial charge in [-0.05, 0) is 24.7 Å². The minimum atomic E-state index is -0.296. The average Bonchev–Trinajstić information content (AvgIpc) is 2.92. The maximum Gasteiger partial charge on any atom is 0.275 e. The summed E-state index contributed by atoms with van der Waals surface area (Å²) in [5, 5.41) is 10.8. The van der Waals surface area contributed by atoms with Gasteiger partial charge >= 0.3 is 0 Å². The van der Waals surface area contributed by atoms with Crippen molar-refractivity contribution >= 4 is 5.91 Å². The molecule has 0 aliphatic heterocycles. The van der Waals surface area contributed by atoms with Crippen LogP contribution in [-0.2, 0) is 6.54 Å². The first kappa shape index (κ1) is 15.1. The molecule has 1 heterocycles. The smallest absolute Gasteiger partial charge is 0.275 e. The van der Waals surface area contributed by atoms with E-state index < -0.39 is 0 Å². The summed E-state index contributed by atoms with van der Waals surface area (Å²) in [6, 6.07) is 6.25. The molecule has 2 rings (SSSR count). The summed E-state index contributed by atoms with van der Waals surface area (Å²) < 4.78 is 14.6. The third-order valence-electron chi connectivity index (χ3n) is 3.04. The Morgan fingerprint density at radius 2 is 2.29 bits per heavy atom. The van der Waals surface area contributed by atoms with E-state index in [9.17, 15) is 9.18 Å². The molecular formula is C14H18FN5O. The van der Waals surface area contributed by atoms with Gasteiger partial charge in [0.15, 0.2) is 5.69 Å². The molecule has 0 fully saturated rings. The Labute approximate surface area is 122 Å². The van der Waals surface area contributed by atoms with E-state index in [1.165, 1.54) is 16.8 Å². The standard InChI is InChI=1S/C14H18FN5O/c1-16-6-7-19(2)14(21)13-10-20(18-17-13)9-11-4-3-5-12(15)8-11/h3-5,8,10,16H,6-7,9H2,1-2H3.